The van der Waals surface area contributed by atoms with E-state index < -0.39 is 0 Å². The Labute approximate surface area is 110 Å². The van der Waals surface area contributed by atoms with Gasteiger partial charge in [-0.1, -0.05) is 38.5 Å². The summed E-state index contributed by atoms with van der Waals surface area (Å²) < 4.78 is 5.22. The van der Waals surface area contributed by atoms with Crippen LogP contribution in [-0.4, -0.2) is 19.1 Å². The van der Waals surface area contributed by atoms with E-state index in [0.717, 1.165) is 18.5 Å². The van der Waals surface area contributed by atoms with Crippen molar-refractivity contribution in [3.8, 4) is 0 Å². The third-order valence-electron chi connectivity index (χ3n) is 2.74. The number of anilines is 1. The van der Waals surface area contributed by atoms with Crippen LogP contribution in [0.3, 0.4) is 0 Å². The summed E-state index contributed by atoms with van der Waals surface area (Å²) in [6, 6.07) is 9.86. The zero-order valence-corrected chi connectivity index (χ0v) is 11.3. The van der Waals surface area contributed by atoms with Crippen LogP contribution in [0.15, 0.2) is 30.3 Å². The van der Waals surface area contributed by atoms with E-state index in [9.17, 15) is 4.79 Å². The number of hydrogen-bond donors (Lipinski definition) is 1. The summed E-state index contributed by atoms with van der Waals surface area (Å²) in [5, 5.41) is 3.19. The molecule has 1 unspecified atom stereocenters. The van der Waals surface area contributed by atoms with E-state index in [4.69, 9.17) is 4.74 Å². The number of ether oxygens (including phenoxy) is 1. The standard InChI is InChI=1S/C15H23NO2/c1-3-7-13(2)12-18-15(17)10-11-16-14-8-5-4-6-9-14/h4-6,8-9,13,16H,3,7,10-12H2,1-2H3. The van der Waals surface area contributed by atoms with Gasteiger partial charge in [0.15, 0.2) is 0 Å². The van der Waals surface area contributed by atoms with Crippen molar-refractivity contribution in [1.29, 1.82) is 0 Å². The number of carbonyl (C=O) groups excluding carboxylic acids is 1. The first kappa shape index (κ1) is 14.6. The van der Waals surface area contributed by atoms with Gasteiger partial charge >= 0.3 is 5.97 Å². The van der Waals surface area contributed by atoms with Gasteiger partial charge in [-0.3, -0.25) is 4.79 Å². The molecule has 0 bridgehead atoms. The fourth-order valence-electron chi connectivity index (χ4n) is 1.75. The summed E-state index contributed by atoms with van der Waals surface area (Å²) in [5.41, 5.74) is 1.03. The van der Waals surface area contributed by atoms with Gasteiger partial charge in [-0.25, -0.2) is 0 Å². The van der Waals surface area contributed by atoms with Gasteiger partial charge < -0.3 is 10.1 Å². The third kappa shape index (κ3) is 6.28. The molecule has 1 N–H and O–H groups in total. The number of rotatable bonds is 8. The van der Waals surface area contributed by atoms with Gasteiger partial charge in [0.05, 0.1) is 13.0 Å². The minimum atomic E-state index is -0.124. The molecule has 18 heavy (non-hydrogen) atoms. The van der Waals surface area contributed by atoms with E-state index >= 15 is 0 Å². The van der Waals surface area contributed by atoms with Crippen LogP contribution < -0.4 is 5.32 Å². The minimum absolute atomic E-state index is 0.124. The summed E-state index contributed by atoms with van der Waals surface area (Å²) in [6.07, 6.45) is 2.65. The van der Waals surface area contributed by atoms with Crippen molar-refractivity contribution in [2.45, 2.75) is 33.1 Å². The molecule has 1 rings (SSSR count). The van der Waals surface area contributed by atoms with Gasteiger partial charge in [-0.05, 0) is 24.5 Å². The Morgan fingerprint density at radius 1 is 1.33 bits per heavy atom. The molecule has 0 heterocycles. The first-order valence-corrected chi connectivity index (χ1v) is 6.67. The Morgan fingerprint density at radius 3 is 2.72 bits per heavy atom. The summed E-state index contributed by atoms with van der Waals surface area (Å²) in [4.78, 5) is 11.5. The van der Waals surface area contributed by atoms with E-state index in [1.54, 1.807) is 0 Å². The molecular weight excluding hydrogens is 226 g/mol. The van der Waals surface area contributed by atoms with Gasteiger partial charge in [0, 0.05) is 12.2 Å². The molecule has 0 saturated carbocycles. The molecule has 0 spiro atoms. The summed E-state index contributed by atoms with van der Waals surface area (Å²) >= 11 is 0. The van der Waals surface area contributed by atoms with Crippen LogP contribution >= 0.6 is 0 Å². The molecule has 3 heteroatoms. The monoisotopic (exact) mass is 249 g/mol. The van der Waals surface area contributed by atoms with E-state index in [1.165, 1.54) is 0 Å². The Balaban J connectivity index is 2.10. The molecule has 0 aliphatic heterocycles. The number of esters is 1. The van der Waals surface area contributed by atoms with Crippen molar-refractivity contribution < 1.29 is 9.53 Å². The largest absolute Gasteiger partial charge is 0.465 e. The number of nitrogens with one attached hydrogen (secondary N) is 1. The molecule has 0 radical (unpaired) electrons. The molecule has 1 aromatic carbocycles. The van der Waals surface area contributed by atoms with Gasteiger partial charge in [0.25, 0.3) is 0 Å². The van der Waals surface area contributed by atoms with Crippen molar-refractivity contribution in [2.24, 2.45) is 5.92 Å². The van der Waals surface area contributed by atoms with Gasteiger partial charge in [-0.2, -0.15) is 0 Å². The zero-order valence-electron chi connectivity index (χ0n) is 11.3. The van der Waals surface area contributed by atoms with Crippen molar-refractivity contribution in [3.63, 3.8) is 0 Å². The Hall–Kier alpha value is -1.51. The molecular formula is C15H23NO2. The lowest BCUT2D eigenvalue weighted by Crippen LogP contribution is -2.15. The summed E-state index contributed by atoms with van der Waals surface area (Å²) in [7, 11) is 0. The normalized spacial score (nSPS) is 11.9. The average Bonchev–Trinajstić information content (AvgIpc) is 2.38. The maximum Gasteiger partial charge on any atom is 0.307 e. The van der Waals surface area contributed by atoms with Crippen LogP contribution in [0.25, 0.3) is 0 Å². The second kappa shape index (κ2) is 8.56. The lowest BCUT2D eigenvalue weighted by atomic mass is 10.1. The van der Waals surface area contributed by atoms with Crippen LogP contribution in [0.5, 0.6) is 0 Å². The molecule has 1 aromatic rings. The Bertz CT molecular complexity index is 338. The summed E-state index contributed by atoms with van der Waals surface area (Å²) in [5.74, 6) is 0.336. The highest BCUT2D eigenvalue weighted by Gasteiger charge is 2.06. The molecule has 100 valence electrons. The molecule has 3 nitrogen and oxygen atoms in total. The van der Waals surface area contributed by atoms with Crippen LogP contribution in [0.4, 0.5) is 5.69 Å². The maximum atomic E-state index is 11.5. The van der Waals surface area contributed by atoms with Crippen LogP contribution in [0, 0.1) is 5.92 Å². The molecule has 0 saturated heterocycles. The number of carbonyl (C=O) groups is 1. The molecule has 0 aliphatic rings. The molecule has 0 amide bonds. The SMILES string of the molecule is CCCC(C)COC(=O)CCNc1ccccc1. The maximum absolute atomic E-state index is 11.5. The highest BCUT2D eigenvalue weighted by Crippen LogP contribution is 2.07. The van der Waals surface area contributed by atoms with E-state index in [2.05, 4.69) is 19.2 Å². The minimum Gasteiger partial charge on any atom is -0.465 e. The van der Waals surface area contributed by atoms with Crippen molar-refractivity contribution in [1.82, 2.24) is 0 Å². The van der Waals surface area contributed by atoms with Crippen molar-refractivity contribution in [2.75, 3.05) is 18.5 Å². The van der Waals surface area contributed by atoms with Crippen LogP contribution in [0.2, 0.25) is 0 Å². The fourth-order valence-corrected chi connectivity index (χ4v) is 1.75. The van der Waals surface area contributed by atoms with E-state index in [1.807, 2.05) is 30.3 Å². The Kier molecular flexibility index (Phi) is 6.92. The van der Waals surface area contributed by atoms with Crippen LogP contribution in [-0.2, 0) is 9.53 Å². The van der Waals surface area contributed by atoms with Gasteiger partial charge in [0.1, 0.15) is 0 Å². The molecule has 0 aromatic heterocycles. The second-order valence-electron chi connectivity index (χ2n) is 4.62. The number of hydrogen-bond acceptors (Lipinski definition) is 3. The van der Waals surface area contributed by atoms with E-state index in [-0.39, 0.29) is 5.97 Å². The smallest absolute Gasteiger partial charge is 0.307 e. The highest BCUT2D eigenvalue weighted by molar-refractivity contribution is 5.70. The number of para-hydroxylation sites is 1. The van der Waals surface area contributed by atoms with Crippen molar-refractivity contribution in [3.05, 3.63) is 30.3 Å². The highest BCUT2D eigenvalue weighted by atomic mass is 16.5. The first-order chi connectivity index (χ1) is 8.72. The number of benzene rings is 1. The topological polar surface area (TPSA) is 38.3 Å². The first-order valence-electron chi connectivity index (χ1n) is 6.67. The predicted octanol–water partition coefficient (Wildman–Crippen LogP) is 3.47. The molecule has 0 aliphatic carbocycles. The van der Waals surface area contributed by atoms with Crippen LogP contribution in [0.1, 0.15) is 33.1 Å². The van der Waals surface area contributed by atoms with E-state index in [0.29, 0.717) is 25.5 Å². The van der Waals surface area contributed by atoms with Crippen molar-refractivity contribution >= 4 is 11.7 Å². The Morgan fingerprint density at radius 2 is 2.06 bits per heavy atom. The molecule has 0 fully saturated rings. The van der Waals surface area contributed by atoms with Gasteiger partial charge in [-0.15, -0.1) is 0 Å². The average molecular weight is 249 g/mol. The predicted molar refractivity (Wildman–Crippen MR) is 74.6 cm³/mol. The van der Waals surface area contributed by atoms with Gasteiger partial charge in [0.2, 0.25) is 0 Å². The lowest BCUT2D eigenvalue weighted by Gasteiger charge is -2.11. The second-order valence-corrected chi connectivity index (χ2v) is 4.62. The lowest BCUT2D eigenvalue weighted by molar-refractivity contribution is -0.144. The zero-order chi connectivity index (χ0) is 13.2. The quantitative estimate of drug-likeness (QED) is 0.717. The fraction of sp³-hybridized carbons (Fsp3) is 0.533. The summed E-state index contributed by atoms with van der Waals surface area (Å²) in [6.45, 7) is 5.41. The molecule has 1 atom stereocenters. The third-order valence-corrected chi connectivity index (χ3v) is 2.74.